The third-order valence-electron chi connectivity index (χ3n) is 2.93. The maximum atomic E-state index is 12.2. The Morgan fingerprint density at radius 1 is 1.40 bits per heavy atom. The number of aromatic nitrogens is 4. The number of nitrogens with zero attached hydrogens (tertiary/aromatic N) is 4. The van der Waals surface area contributed by atoms with Crippen LogP contribution in [0.15, 0.2) is 11.1 Å². The number of ether oxygens (including phenoxy) is 1. The van der Waals surface area contributed by atoms with Gasteiger partial charge in [-0.2, -0.15) is 5.10 Å². The lowest BCUT2D eigenvalue weighted by atomic mass is 10.3. The first kappa shape index (κ1) is 14.9. The zero-order chi connectivity index (χ0) is 14.9. The number of aryl methyl sites for hydroxylation is 2. The number of hydrogen-bond donors (Lipinski definition) is 0. The molecule has 0 aromatic carbocycles. The monoisotopic (exact) mass is 316 g/mol. The number of hydrogen-bond acceptors (Lipinski definition) is 4. The molecule has 6 nitrogen and oxygen atoms in total. The first-order valence-corrected chi connectivity index (χ1v) is 6.75. The Morgan fingerprint density at radius 3 is 2.70 bits per heavy atom. The van der Waals surface area contributed by atoms with Crippen molar-refractivity contribution in [2.75, 3.05) is 7.11 Å². The fourth-order valence-electron chi connectivity index (χ4n) is 1.92. The maximum Gasteiger partial charge on any atom is 0.297 e. The molecule has 20 heavy (non-hydrogen) atoms. The second-order valence-corrected chi connectivity index (χ2v) is 4.90. The normalized spacial score (nSPS) is 10.8. The smallest absolute Gasteiger partial charge is 0.297 e. The summed E-state index contributed by atoms with van der Waals surface area (Å²) in [5, 5.41) is 4.90. The third kappa shape index (κ3) is 2.53. The molecule has 2 aromatic rings. The second-order valence-electron chi connectivity index (χ2n) is 4.16. The molecule has 0 fully saturated rings. The van der Waals surface area contributed by atoms with Crippen molar-refractivity contribution in [3.8, 4) is 5.75 Å². The van der Waals surface area contributed by atoms with Gasteiger partial charge >= 0.3 is 0 Å². The van der Waals surface area contributed by atoms with Gasteiger partial charge in [0.1, 0.15) is 0 Å². The van der Waals surface area contributed by atoms with Crippen molar-refractivity contribution in [1.82, 2.24) is 19.3 Å². The molecule has 2 rings (SSSR count). The maximum absolute atomic E-state index is 12.2. The molecule has 2 heterocycles. The predicted molar refractivity (Wildman–Crippen MR) is 76.8 cm³/mol. The molecule has 0 aliphatic carbocycles. The molecule has 0 bridgehead atoms. The molecule has 0 amide bonds. The van der Waals surface area contributed by atoms with Gasteiger partial charge in [0, 0.05) is 6.54 Å². The van der Waals surface area contributed by atoms with Crippen LogP contribution in [0.25, 0.3) is 0 Å². The Labute approximate surface area is 125 Å². The summed E-state index contributed by atoms with van der Waals surface area (Å²) in [5.41, 5.74) is 1.12. The van der Waals surface area contributed by atoms with E-state index in [1.165, 1.54) is 18.0 Å². The van der Waals surface area contributed by atoms with Crippen LogP contribution < -0.4 is 10.3 Å². The SMILES string of the molecule is CCn1nc(C)c(Cl)c1Cn1cnc(Cl)c(OC)c1=O. The van der Waals surface area contributed by atoms with Crippen LogP contribution in [-0.2, 0) is 13.1 Å². The van der Waals surface area contributed by atoms with Crippen LogP contribution >= 0.6 is 23.2 Å². The van der Waals surface area contributed by atoms with E-state index in [9.17, 15) is 4.79 Å². The van der Waals surface area contributed by atoms with Crippen molar-refractivity contribution in [1.29, 1.82) is 0 Å². The van der Waals surface area contributed by atoms with E-state index in [1.54, 1.807) is 4.68 Å². The molecule has 2 aromatic heterocycles. The highest BCUT2D eigenvalue weighted by atomic mass is 35.5. The van der Waals surface area contributed by atoms with Crippen LogP contribution in [0.3, 0.4) is 0 Å². The van der Waals surface area contributed by atoms with Crippen LogP contribution in [0.5, 0.6) is 5.75 Å². The van der Waals surface area contributed by atoms with Crippen molar-refractivity contribution in [3.63, 3.8) is 0 Å². The number of rotatable bonds is 4. The van der Waals surface area contributed by atoms with E-state index in [-0.39, 0.29) is 23.0 Å². The van der Waals surface area contributed by atoms with Crippen LogP contribution in [0.4, 0.5) is 0 Å². The van der Waals surface area contributed by atoms with Gasteiger partial charge < -0.3 is 4.74 Å². The zero-order valence-electron chi connectivity index (χ0n) is 11.4. The first-order chi connectivity index (χ1) is 9.49. The zero-order valence-corrected chi connectivity index (χ0v) is 12.9. The highest BCUT2D eigenvalue weighted by molar-refractivity contribution is 6.32. The summed E-state index contributed by atoms with van der Waals surface area (Å²) in [4.78, 5) is 16.1. The molecule has 0 saturated carbocycles. The van der Waals surface area contributed by atoms with Crippen LogP contribution in [0, 0.1) is 6.92 Å². The van der Waals surface area contributed by atoms with E-state index in [1.807, 2.05) is 13.8 Å². The standard InChI is InChI=1S/C12H14Cl2N4O2/c1-4-18-8(9(13)7(2)16-18)5-17-6-15-11(14)10(20-3)12(17)19/h6H,4-5H2,1-3H3. The third-order valence-corrected chi connectivity index (χ3v) is 3.69. The van der Waals surface area contributed by atoms with Crippen molar-refractivity contribution < 1.29 is 4.74 Å². The van der Waals surface area contributed by atoms with Crippen molar-refractivity contribution >= 4 is 23.2 Å². The van der Waals surface area contributed by atoms with Gasteiger partial charge in [-0.1, -0.05) is 23.2 Å². The van der Waals surface area contributed by atoms with Crippen molar-refractivity contribution in [2.45, 2.75) is 26.9 Å². The quantitative estimate of drug-likeness (QED) is 0.811. The molecule has 0 spiro atoms. The summed E-state index contributed by atoms with van der Waals surface area (Å²) >= 11 is 12.0. The van der Waals surface area contributed by atoms with E-state index in [4.69, 9.17) is 27.9 Å². The summed E-state index contributed by atoms with van der Waals surface area (Å²) in [5.74, 6) is 0.0181. The predicted octanol–water partition coefficient (Wildman–Crippen LogP) is 2.13. The van der Waals surface area contributed by atoms with Gasteiger partial charge in [0.2, 0.25) is 5.75 Å². The second kappa shape index (κ2) is 5.85. The minimum Gasteiger partial charge on any atom is -0.489 e. The Kier molecular flexibility index (Phi) is 4.35. The Bertz CT molecular complexity index is 693. The highest BCUT2D eigenvalue weighted by Gasteiger charge is 2.16. The Morgan fingerprint density at radius 2 is 2.10 bits per heavy atom. The van der Waals surface area contributed by atoms with E-state index in [2.05, 4.69) is 10.1 Å². The van der Waals surface area contributed by atoms with Gasteiger partial charge in [0.25, 0.3) is 5.56 Å². The Hall–Kier alpha value is -1.53. The molecular weight excluding hydrogens is 303 g/mol. The molecule has 0 N–H and O–H groups in total. The van der Waals surface area contributed by atoms with Gasteiger partial charge in [-0.15, -0.1) is 0 Å². The molecule has 0 saturated heterocycles. The first-order valence-electron chi connectivity index (χ1n) is 6.00. The molecule has 0 radical (unpaired) electrons. The van der Waals surface area contributed by atoms with E-state index >= 15 is 0 Å². The average molecular weight is 317 g/mol. The summed E-state index contributed by atoms with van der Waals surface area (Å²) in [6.45, 7) is 4.69. The van der Waals surface area contributed by atoms with Crippen LogP contribution in [-0.4, -0.2) is 26.4 Å². The van der Waals surface area contributed by atoms with E-state index < -0.39 is 0 Å². The van der Waals surface area contributed by atoms with Crippen LogP contribution in [0.2, 0.25) is 10.2 Å². The lowest BCUT2D eigenvalue weighted by molar-refractivity contribution is 0.400. The summed E-state index contributed by atoms with van der Waals surface area (Å²) in [6, 6.07) is 0. The van der Waals surface area contributed by atoms with Crippen LogP contribution in [0.1, 0.15) is 18.3 Å². The largest absolute Gasteiger partial charge is 0.489 e. The molecule has 0 atom stereocenters. The molecule has 0 aliphatic heterocycles. The van der Waals surface area contributed by atoms with Gasteiger partial charge in [-0.25, -0.2) is 4.98 Å². The van der Waals surface area contributed by atoms with Crippen molar-refractivity contribution in [2.24, 2.45) is 0 Å². The number of methoxy groups -OCH3 is 1. The minimum atomic E-state index is -0.356. The fourth-order valence-corrected chi connectivity index (χ4v) is 2.31. The number of halogens is 2. The van der Waals surface area contributed by atoms with E-state index in [0.717, 1.165) is 11.4 Å². The van der Waals surface area contributed by atoms with Gasteiger partial charge in [0.15, 0.2) is 5.15 Å². The summed E-state index contributed by atoms with van der Waals surface area (Å²) < 4.78 is 8.11. The molecule has 8 heteroatoms. The average Bonchev–Trinajstić information content (AvgIpc) is 2.70. The lowest BCUT2D eigenvalue weighted by Gasteiger charge is -2.09. The highest BCUT2D eigenvalue weighted by Crippen LogP contribution is 2.21. The molecule has 0 aliphatic rings. The van der Waals surface area contributed by atoms with E-state index in [0.29, 0.717) is 11.6 Å². The summed E-state index contributed by atoms with van der Waals surface area (Å²) in [7, 11) is 1.38. The fraction of sp³-hybridized carbons (Fsp3) is 0.417. The van der Waals surface area contributed by atoms with Gasteiger partial charge in [-0.05, 0) is 13.8 Å². The molecule has 108 valence electrons. The Balaban J connectivity index is 2.48. The topological polar surface area (TPSA) is 61.9 Å². The minimum absolute atomic E-state index is 0.0181. The molecule has 0 unspecified atom stereocenters. The van der Waals surface area contributed by atoms with Crippen molar-refractivity contribution in [3.05, 3.63) is 38.2 Å². The molecular formula is C12H14Cl2N4O2. The van der Waals surface area contributed by atoms with Gasteiger partial charge in [0.05, 0.1) is 36.4 Å². The van der Waals surface area contributed by atoms with Gasteiger partial charge in [-0.3, -0.25) is 14.0 Å². The summed E-state index contributed by atoms with van der Waals surface area (Å²) in [6.07, 6.45) is 1.37. The lowest BCUT2D eigenvalue weighted by Crippen LogP contribution is -2.24.